The summed E-state index contributed by atoms with van der Waals surface area (Å²) in [5.41, 5.74) is 0.728. The summed E-state index contributed by atoms with van der Waals surface area (Å²) in [7, 11) is 0. The molecule has 1 unspecified atom stereocenters. The van der Waals surface area contributed by atoms with E-state index in [4.69, 9.17) is 0 Å². The summed E-state index contributed by atoms with van der Waals surface area (Å²) in [4.78, 5) is 0. The van der Waals surface area contributed by atoms with Crippen LogP contribution in [0.4, 0.5) is 0 Å². The maximum atomic E-state index is 9.31. The van der Waals surface area contributed by atoms with E-state index in [1.165, 1.54) is 5.39 Å². The Bertz CT molecular complexity index is 596. The average Bonchev–Trinajstić information content (AvgIpc) is 2.89. The molecule has 1 aromatic carbocycles. The Morgan fingerprint density at radius 2 is 2.20 bits per heavy atom. The van der Waals surface area contributed by atoms with Crippen LogP contribution in [-0.4, -0.2) is 21.9 Å². The molecule has 20 heavy (non-hydrogen) atoms. The number of hydrogen-bond donors (Lipinski definition) is 1. The highest BCUT2D eigenvalue weighted by Gasteiger charge is 2.21. The van der Waals surface area contributed by atoms with Crippen LogP contribution >= 0.6 is 0 Å². The second-order valence-corrected chi connectivity index (χ2v) is 5.40. The number of fused-ring (bicyclic) bond motifs is 1. The van der Waals surface area contributed by atoms with Crippen molar-refractivity contribution in [3.05, 3.63) is 30.5 Å². The molecule has 4 nitrogen and oxygen atoms in total. The van der Waals surface area contributed by atoms with Gasteiger partial charge < -0.3 is 0 Å². The van der Waals surface area contributed by atoms with Crippen molar-refractivity contribution in [3.63, 3.8) is 0 Å². The van der Waals surface area contributed by atoms with Crippen molar-refractivity contribution in [1.82, 2.24) is 15.1 Å². The van der Waals surface area contributed by atoms with E-state index >= 15 is 0 Å². The van der Waals surface area contributed by atoms with Crippen LogP contribution in [0.15, 0.2) is 30.5 Å². The lowest BCUT2D eigenvalue weighted by Gasteiger charge is -2.23. The lowest BCUT2D eigenvalue weighted by Crippen LogP contribution is -2.41. The molecule has 4 heteroatoms. The third-order valence-corrected chi connectivity index (χ3v) is 3.61. The van der Waals surface area contributed by atoms with Gasteiger partial charge in [-0.15, -0.1) is 0 Å². The van der Waals surface area contributed by atoms with Crippen molar-refractivity contribution >= 4 is 10.9 Å². The molecule has 0 fully saturated rings. The van der Waals surface area contributed by atoms with Crippen molar-refractivity contribution in [2.75, 3.05) is 6.54 Å². The monoisotopic (exact) mass is 270 g/mol. The molecule has 0 aliphatic heterocycles. The normalized spacial score (nSPS) is 14.1. The highest BCUT2D eigenvalue weighted by Crippen LogP contribution is 2.16. The van der Waals surface area contributed by atoms with Crippen LogP contribution in [0, 0.1) is 11.3 Å². The third-order valence-electron chi connectivity index (χ3n) is 3.61. The van der Waals surface area contributed by atoms with Gasteiger partial charge in [-0.3, -0.25) is 10.00 Å². The van der Waals surface area contributed by atoms with Crippen LogP contribution in [0.5, 0.6) is 0 Å². The Kier molecular flexibility index (Phi) is 4.75. The number of nitriles is 1. The molecular weight excluding hydrogens is 248 g/mol. The molecular formula is C16H22N4. The molecule has 0 saturated heterocycles. The molecule has 106 valence electrons. The van der Waals surface area contributed by atoms with Crippen molar-refractivity contribution in [3.8, 4) is 6.07 Å². The lowest BCUT2D eigenvalue weighted by atomic mass is 9.97. The summed E-state index contributed by atoms with van der Waals surface area (Å²) in [6.07, 6.45) is 4.71. The van der Waals surface area contributed by atoms with Gasteiger partial charge in [0.15, 0.2) is 0 Å². The molecule has 2 rings (SSSR count). The molecule has 0 aliphatic rings. The van der Waals surface area contributed by atoms with Crippen LogP contribution in [-0.2, 0) is 6.54 Å². The molecule has 0 aliphatic carbocycles. The van der Waals surface area contributed by atoms with Gasteiger partial charge in [-0.25, -0.2) is 0 Å². The number of nitrogens with one attached hydrogen (secondary N) is 1. The number of rotatable bonds is 7. The van der Waals surface area contributed by atoms with Crippen LogP contribution in [0.25, 0.3) is 10.9 Å². The molecule has 0 spiro atoms. The molecule has 2 aromatic rings. The zero-order valence-electron chi connectivity index (χ0n) is 12.3. The number of benzene rings is 1. The second kappa shape index (κ2) is 6.53. The quantitative estimate of drug-likeness (QED) is 0.841. The van der Waals surface area contributed by atoms with Crippen LogP contribution in [0.2, 0.25) is 0 Å². The Morgan fingerprint density at radius 1 is 1.40 bits per heavy atom. The molecule has 0 saturated carbocycles. The van der Waals surface area contributed by atoms with Gasteiger partial charge in [-0.2, -0.15) is 10.4 Å². The Hall–Kier alpha value is -1.86. The van der Waals surface area contributed by atoms with E-state index in [2.05, 4.69) is 35.5 Å². The first-order valence-electron chi connectivity index (χ1n) is 7.25. The fourth-order valence-corrected chi connectivity index (χ4v) is 2.37. The van der Waals surface area contributed by atoms with E-state index in [1.54, 1.807) is 0 Å². The Labute approximate surface area is 120 Å². The molecule has 1 heterocycles. The van der Waals surface area contributed by atoms with Gasteiger partial charge in [0.05, 0.1) is 17.8 Å². The van der Waals surface area contributed by atoms with Crippen molar-refractivity contribution in [2.45, 2.75) is 45.2 Å². The Balaban J connectivity index is 1.94. The molecule has 0 radical (unpaired) electrons. The summed E-state index contributed by atoms with van der Waals surface area (Å²) in [6, 6.07) is 10.6. The van der Waals surface area contributed by atoms with E-state index in [0.29, 0.717) is 0 Å². The zero-order valence-corrected chi connectivity index (χ0v) is 12.3. The van der Waals surface area contributed by atoms with E-state index in [1.807, 2.05) is 29.9 Å². The van der Waals surface area contributed by atoms with E-state index in [-0.39, 0.29) is 0 Å². The maximum absolute atomic E-state index is 9.31. The minimum absolute atomic E-state index is 0.432. The van der Waals surface area contributed by atoms with E-state index in [0.717, 1.165) is 37.9 Å². The van der Waals surface area contributed by atoms with Gasteiger partial charge in [0, 0.05) is 11.9 Å². The third kappa shape index (κ3) is 3.37. The number of nitrogens with zero attached hydrogens (tertiary/aromatic N) is 3. The lowest BCUT2D eigenvalue weighted by molar-refractivity contribution is 0.391. The van der Waals surface area contributed by atoms with Gasteiger partial charge in [0.1, 0.15) is 5.54 Å². The fraction of sp³-hybridized carbons (Fsp3) is 0.500. The molecule has 1 aromatic heterocycles. The summed E-state index contributed by atoms with van der Waals surface area (Å²) >= 11 is 0. The maximum Gasteiger partial charge on any atom is 0.103 e. The number of aromatic nitrogens is 2. The van der Waals surface area contributed by atoms with Gasteiger partial charge in [0.2, 0.25) is 0 Å². The van der Waals surface area contributed by atoms with Crippen LogP contribution in [0.1, 0.15) is 33.1 Å². The molecule has 0 amide bonds. The minimum atomic E-state index is -0.432. The molecule has 1 N–H and O–H groups in total. The first-order chi connectivity index (χ1) is 9.68. The van der Waals surface area contributed by atoms with Gasteiger partial charge in [-0.1, -0.05) is 25.1 Å². The van der Waals surface area contributed by atoms with Crippen molar-refractivity contribution in [2.24, 2.45) is 0 Å². The highest BCUT2D eigenvalue weighted by atomic mass is 15.3. The highest BCUT2D eigenvalue weighted by molar-refractivity contribution is 5.78. The SMILES string of the molecule is CCCNC(C)(C#N)CCCn1ncc2ccccc21. The molecule has 0 bridgehead atoms. The zero-order chi connectivity index (χ0) is 14.4. The van der Waals surface area contributed by atoms with Gasteiger partial charge in [0.25, 0.3) is 0 Å². The van der Waals surface area contributed by atoms with E-state index < -0.39 is 5.54 Å². The van der Waals surface area contributed by atoms with Crippen LogP contribution in [0.3, 0.4) is 0 Å². The molecule has 1 atom stereocenters. The first kappa shape index (κ1) is 14.5. The van der Waals surface area contributed by atoms with Gasteiger partial charge in [-0.05, 0) is 38.8 Å². The minimum Gasteiger partial charge on any atom is -0.300 e. The average molecular weight is 270 g/mol. The van der Waals surface area contributed by atoms with Crippen molar-refractivity contribution < 1.29 is 0 Å². The van der Waals surface area contributed by atoms with Gasteiger partial charge >= 0.3 is 0 Å². The summed E-state index contributed by atoms with van der Waals surface area (Å²) in [5, 5.41) is 18.2. The predicted octanol–water partition coefficient (Wildman–Crippen LogP) is 3.10. The Morgan fingerprint density at radius 3 is 2.95 bits per heavy atom. The summed E-state index contributed by atoms with van der Waals surface area (Å²) in [5.74, 6) is 0. The number of aryl methyl sites for hydroxylation is 1. The smallest absolute Gasteiger partial charge is 0.103 e. The van der Waals surface area contributed by atoms with Crippen molar-refractivity contribution in [1.29, 1.82) is 5.26 Å². The summed E-state index contributed by atoms with van der Waals surface area (Å²) in [6.45, 7) is 5.82. The topological polar surface area (TPSA) is 53.6 Å². The predicted molar refractivity (Wildman–Crippen MR) is 81.3 cm³/mol. The second-order valence-electron chi connectivity index (χ2n) is 5.40. The standard InChI is InChI=1S/C16H22N4/c1-3-10-18-16(2,13-17)9-6-11-20-15-8-5-4-7-14(15)12-19-20/h4-5,7-8,12,18H,3,6,9-11H2,1-2H3. The first-order valence-corrected chi connectivity index (χ1v) is 7.25. The number of para-hydroxylation sites is 1. The summed E-state index contributed by atoms with van der Waals surface area (Å²) < 4.78 is 2.02. The fourth-order valence-electron chi connectivity index (χ4n) is 2.37. The van der Waals surface area contributed by atoms with Crippen LogP contribution < -0.4 is 5.32 Å². The largest absolute Gasteiger partial charge is 0.300 e. The van der Waals surface area contributed by atoms with E-state index in [9.17, 15) is 5.26 Å². The number of hydrogen-bond acceptors (Lipinski definition) is 3.